The van der Waals surface area contributed by atoms with Crippen LogP contribution in [0.25, 0.3) is 0 Å². The summed E-state index contributed by atoms with van der Waals surface area (Å²) in [5.74, 6) is 0.465. The third kappa shape index (κ3) is 2.01. The molecule has 0 unspecified atom stereocenters. The Balaban J connectivity index is 2.19. The van der Waals surface area contributed by atoms with Gasteiger partial charge in [0, 0.05) is 12.3 Å². The number of nitrogens with zero attached hydrogens (tertiary/aromatic N) is 1. The zero-order valence-corrected chi connectivity index (χ0v) is 10.6. The quantitative estimate of drug-likeness (QED) is 0.686. The van der Waals surface area contributed by atoms with Crippen molar-refractivity contribution >= 4 is 21.7 Å². The smallest absolute Gasteiger partial charge is 0.156 e. The molecule has 15 heavy (non-hydrogen) atoms. The Morgan fingerprint density at radius 3 is 2.67 bits per heavy atom. The molecule has 0 aromatic carbocycles. The predicted molar refractivity (Wildman–Crippen MR) is 61.5 cm³/mol. The monoisotopic (exact) mass is 267 g/mol. The van der Waals surface area contributed by atoms with Crippen LogP contribution in [0.4, 0.5) is 0 Å². The molecule has 2 nitrogen and oxygen atoms in total. The molecule has 1 fully saturated rings. The van der Waals surface area contributed by atoms with Gasteiger partial charge < -0.3 is 0 Å². The summed E-state index contributed by atoms with van der Waals surface area (Å²) in [6.07, 6.45) is 4.18. The van der Waals surface area contributed by atoms with E-state index < -0.39 is 0 Å². The van der Waals surface area contributed by atoms with Crippen LogP contribution < -0.4 is 0 Å². The first-order valence-corrected chi connectivity index (χ1v) is 5.99. The minimum Gasteiger partial charge on any atom is -0.295 e. The van der Waals surface area contributed by atoms with E-state index in [0.717, 1.165) is 18.4 Å². The summed E-state index contributed by atoms with van der Waals surface area (Å²) >= 11 is 3.43. The van der Waals surface area contributed by atoms with Gasteiger partial charge in [-0.05, 0) is 24.3 Å². The molecule has 0 saturated heterocycles. The minimum atomic E-state index is -0.382. The molecule has 80 valence electrons. The van der Waals surface area contributed by atoms with Crippen LogP contribution in [0.15, 0.2) is 11.6 Å². The number of carbonyl (C=O) groups is 1. The van der Waals surface area contributed by atoms with Crippen LogP contribution in [0.2, 0.25) is 0 Å². The van der Waals surface area contributed by atoms with Crippen molar-refractivity contribution in [1.29, 1.82) is 5.26 Å². The first kappa shape index (κ1) is 10.9. The van der Waals surface area contributed by atoms with Crippen molar-refractivity contribution in [3.05, 3.63) is 11.6 Å². The molecule has 0 radical (unpaired) electrons. The molecule has 1 saturated carbocycles. The van der Waals surface area contributed by atoms with Gasteiger partial charge in [-0.15, -0.1) is 0 Å². The zero-order valence-electron chi connectivity index (χ0n) is 9.01. The third-order valence-electron chi connectivity index (χ3n) is 3.21. The fraction of sp³-hybridized carbons (Fsp3) is 0.667. The van der Waals surface area contributed by atoms with Gasteiger partial charge >= 0.3 is 0 Å². The number of nitriles is 1. The second-order valence-electron chi connectivity index (χ2n) is 5.43. The van der Waals surface area contributed by atoms with Crippen molar-refractivity contribution in [2.24, 2.45) is 11.3 Å². The van der Waals surface area contributed by atoms with E-state index in [4.69, 9.17) is 5.26 Å². The SMILES string of the molecule is CC1(C)CC(=O)C=C([C@@H]2C[C@@]2(Br)C#N)C1. The Labute approximate surface area is 98.5 Å². The average Bonchev–Trinajstić information content (AvgIpc) is 2.76. The Morgan fingerprint density at radius 1 is 1.53 bits per heavy atom. The van der Waals surface area contributed by atoms with Gasteiger partial charge in [0.2, 0.25) is 0 Å². The summed E-state index contributed by atoms with van der Waals surface area (Å²) in [7, 11) is 0. The van der Waals surface area contributed by atoms with Crippen molar-refractivity contribution in [2.75, 3.05) is 0 Å². The van der Waals surface area contributed by atoms with Crippen LogP contribution >= 0.6 is 15.9 Å². The predicted octanol–water partition coefficient (Wildman–Crippen LogP) is 2.98. The fourth-order valence-electron chi connectivity index (χ4n) is 2.41. The van der Waals surface area contributed by atoms with Gasteiger partial charge in [-0.2, -0.15) is 5.26 Å². The topological polar surface area (TPSA) is 40.9 Å². The van der Waals surface area contributed by atoms with Crippen LogP contribution in [-0.2, 0) is 4.79 Å². The maximum absolute atomic E-state index is 11.5. The highest BCUT2D eigenvalue weighted by Crippen LogP contribution is 2.57. The van der Waals surface area contributed by atoms with E-state index in [9.17, 15) is 4.79 Å². The summed E-state index contributed by atoms with van der Waals surface area (Å²) in [5.41, 5.74) is 1.22. The van der Waals surface area contributed by atoms with E-state index in [1.54, 1.807) is 6.08 Å². The van der Waals surface area contributed by atoms with Gasteiger partial charge in [0.15, 0.2) is 5.78 Å². The molecular formula is C12H14BrNO. The summed E-state index contributed by atoms with van der Waals surface area (Å²) in [6, 6.07) is 2.27. The van der Waals surface area contributed by atoms with Crippen LogP contribution in [0.5, 0.6) is 0 Å². The average molecular weight is 268 g/mol. The standard InChI is InChI=1S/C12H14BrNO/c1-11(2)4-8(3-9(15)5-11)10-6-12(10,13)7-14/h3,10H,4-6H2,1-2H3/t10-,12+/m0/s1. The largest absolute Gasteiger partial charge is 0.295 e. The lowest BCUT2D eigenvalue weighted by atomic mass is 9.75. The van der Waals surface area contributed by atoms with Crippen LogP contribution in [0.3, 0.4) is 0 Å². The van der Waals surface area contributed by atoms with Crippen molar-refractivity contribution in [2.45, 2.75) is 37.4 Å². The highest BCUT2D eigenvalue weighted by molar-refractivity contribution is 9.10. The summed E-state index contributed by atoms with van der Waals surface area (Å²) in [6.45, 7) is 4.23. The molecule has 0 bridgehead atoms. The number of halogens is 1. The minimum absolute atomic E-state index is 0.0626. The van der Waals surface area contributed by atoms with Gasteiger partial charge in [0.25, 0.3) is 0 Å². The molecule has 3 heteroatoms. The number of hydrogen-bond acceptors (Lipinski definition) is 2. The number of hydrogen-bond donors (Lipinski definition) is 0. The highest BCUT2D eigenvalue weighted by Gasteiger charge is 2.55. The molecular weight excluding hydrogens is 254 g/mol. The Kier molecular flexibility index (Phi) is 2.31. The van der Waals surface area contributed by atoms with E-state index in [1.165, 1.54) is 0 Å². The normalized spacial score (nSPS) is 38.1. The number of alkyl halides is 1. The Morgan fingerprint density at radius 2 is 2.20 bits per heavy atom. The molecule has 2 aliphatic carbocycles. The molecule has 0 aromatic heterocycles. The molecule has 2 rings (SSSR count). The van der Waals surface area contributed by atoms with E-state index in [0.29, 0.717) is 6.42 Å². The molecule has 0 aromatic rings. The lowest BCUT2D eigenvalue weighted by Crippen LogP contribution is -2.23. The molecule has 0 heterocycles. The maximum Gasteiger partial charge on any atom is 0.156 e. The fourth-order valence-corrected chi connectivity index (χ4v) is 3.02. The zero-order chi connectivity index (χ0) is 11.3. The van der Waals surface area contributed by atoms with Crippen molar-refractivity contribution in [1.82, 2.24) is 0 Å². The number of ketones is 1. The van der Waals surface area contributed by atoms with E-state index in [2.05, 4.69) is 35.8 Å². The van der Waals surface area contributed by atoms with Crippen molar-refractivity contribution < 1.29 is 4.79 Å². The number of carbonyl (C=O) groups excluding carboxylic acids is 1. The summed E-state index contributed by atoms with van der Waals surface area (Å²) in [5, 5.41) is 8.95. The van der Waals surface area contributed by atoms with Crippen molar-refractivity contribution in [3.8, 4) is 6.07 Å². The van der Waals surface area contributed by atoms with Gasteiger partial charge in [-0.1, -0.05) is 35.4 Å². The van der Waals surface area contributed by atoms with E-state index in [-0.39, 0.29) is 21.4 Å². The lowest BCUT2D eigenvalue weighted by molar-refractivity contribution is -0.117. The second kappa shape index (κ2) is 3.18. The molecule has 0 spiro atoms. The highest BCUT2D eigenvalue weighted by atomic mass is 79.9. The summed E-state index contributed by atoms with van der Waals surface area (Å²) < 4.78 is -0.382. The second-order valence-corrected chi connectivity index (χ2v) is 6.85. The first-order chi connectivity index (χ1) is 6.86. The maximum atomic E-state index is 11.5. The number of rotatable bonds is 1. The Bertz CT molecular complexity index is 391. The molecule has 2 aliphatic rings. The number of allylic oxidation sites excluding steroid dienone is 2. The molecule has 2 atom stereocenters. The van der Waals surface area contributed by atoms with E-state index in [1.807, 2.05) is 0 Å². The first-order valence-electron chi connectivity index (χ1n) is 5.20. The van der Waals surface area contributed by atoms with Gasteiger partial charge in [-0.25, -0.2) is 0 Å². The van der Waals surface area contributed by atoms with E-state index >= 15 is 0 Å². The van der Waals surface area contributed by atoms with Gasteiger partial charge in [0.05, 0.1) is 6.07 Å². The van der Waals surface area contributed by atoms with Crippen LogP contribution in [0, 0.1) is 22.7 Å². The summed E-state index contributed by atoms with van der Waals surface area (Å²) in [4.78, 5) is 11.5. The van der Waals surface area contributed by atoms with Crippen molar-refractivity contribution in [3.63, 3.8) is 0 Å². The third-order valence-corrected chi connectivity index (χ3v) is 4.26. The molecule has 0 N–H and O–H groups in total. The molecule has 0 amide bonds. The van der Waals surface area contributed by atoms with Gasteiger partial charge in [0.1, 0.15) is 4.32 Å². The van der Waals surface area contributed by atoms with Crippen LogP contribution in [0.1, 0.15) is 33.1 Å². The lowest BCUT2D eigenvalue weighted by Gasteiger charge is -2.29. The molecule has 0 aliphatic heterocycles. The Hall–Kier alpha value is -0.620. The van der Waals surface area contributed by atoms with Gasteiger partial charge in [-0.3, -0.25) is 4.79 Å². The van der Waals surface area contributed by atoms with Crippen LogP contribution in [-0.4, -0.2) is 10.1 Å².